The second-order valence-electron chi connectivity index (χ2n) is 7.21. The molecule has 1 aromatic rings. The Morgan fingerprint density at radius 3 is 2.70 bits per heavy atom. The van der Waals surface area contributed by atoms with Gasteiger partial charge in [0.1, 0.15) is 5.75 Å². The SMILES string of the molecule is C[C@@H](OC(=O)COc1ccc2c(c1)CCC2)C(=O)N(C)[C@@H]1CCS(=O)(=O)C1. The number of hydrogen-bond acceptors (Lipinski definition) is 6. The Kier molecular flexibility index (Phi) is 5.74. The molecule has 27 heavy (non-hydrogen) atoms. The number of hydrogen-bond donors (Lipinski definition) is 0. The van der Waals surface area contributed by atoms with E-state index in [4.69, 9.17) is 9.47 Å². The molecule has 0 N–H and O–H groups in total. The number of likely N-dealkylation sites (N-methyl/N-ethyl adjacent to an activating group) is 1. The van der Waals surface area contributed by atoms with Crippen molar-refractivity contribution < 1.29 is 27.5 Å². The monoisotopic (exact) mass is 395 g/mol. The van der Waals surface area contributed by atoms with E-state index in [1.54, 1.807) is 7.05 Å². The number of carbonyl (C=O) groups is 2. The van der Waals surface area contributed by atoms with E-state index in [9.17, 15) is 18.0 Å². The first-order chi connectivity index (χ1) is 12.7. The van der Waals surface area contributed by atoms with E-state index in [1.807, 2.05) is 18.2 Å². The van der Waals surface area contributed by atoms with Crippen molar-refractivity contribution in [1.29, 1.82) is 0 Å². The van der Waals surface area contributed by atoms with Gasteiger partial charge in [-0.3, -0.25) is 4.79 Å². The number of sulfone groups is 1. The van der Waals surface area contributed by atoms with Gasteiger partial charge in [-0.1, -0.05) is 6.07 Å². The average Bonchev–Trinajstić information content (AvgIpc) is 3.23. The van der Waals surface area contributed by atoms with Crippen molar-refractivity contribution in [2.45, 2.75) is 44.8 Å². The molecule has 2 atom stereocenters. The third kappa shape index (κ3) is 4.80. The lowest BCUT2D eigenvalue weighted by atomic mass is 10.1. The fraction of sp³-hybridized carbons (Fsp3) is 0.579. The molecular formula is C19H25NO6S. The molecular weight excluding hydrogens is 370 g/mol. The summed E-state index contributed by atoms with van der Waals surface area (Å²) in [6.45, 7) is 1.20. The molecule has 1 heterocycles. The van der Waals surface area contributed by atoms with Crippen LogP contribution < -0.4 is 4.74 Å². The van der Waals surface area contributed by atoms with E-state index < -0.39 is 27.8 Å². The summed E-state index contributed by atoms with van der Waals surface area (Å²) in [5.41, 5.74) is 2.57. The van der Waals surface area contributed by atoms with Crippen LogP contribution in [-0.4, -0.2) is 62.5 Å². The third-order valence-electron chi connectivity index (χ3n) is 5.19. The number of amides is 1. The molecule has 0 saturated carbocycles. The molecule has 2 aliphatic rings. The van der Waals surface area contributed by atoms with E-state index in [0.717, 1.165) is 19.3 Å². The van der Waals surface area contributed by atoms with Crippen LogP contribution >= 0.6 is 0 Å². The minimum Gasteiger partial charge on any atom is -0.482 e. The van der Waals surface area contributed by atoms with Crippen LogP contribution in [0.4, 0.5) is 0 Å². The normalized spacial score (nSPS) is 21.3. The van der Waals surface area contributed by atoms with Gasteiger partial charge < -0.3 is 14.4 Å². The van der Waals surface area contributed by atoms with E-state index in [0.29, 0.717) is 12.2 Å². The Bertz CT molecular complexity index is 835. The first-order valence-electron chi connectivity index (χ1n) is 9.16. The number of carbonyl (C=O) groups excluding carboxylic acids is 2. The van der Waals surface area contributed by atoms with Gasteiger partial charge in [0.05, 0.1) is 11.5 Å². The van der Waals surface area contributed by atoms with E-state index in [1.165, 1.54) is 23.0 Å². The fourth-order valence-electron chi connectivity index (χ4n) is 3.61. The lowest BCUT2D eigenvalue weighted by Gasteiger charge is -2.26. The number of benzene rings is 1. The molecule has 1 aliphatic heterocycles. The number of fused-ring (bicyclic) bond motifs is 1. The van der Waals surface area contributed by atoms with Crippen LogP contribution in [0.25, 0.3) is 0 Å². The highest BCUT2D eigenvalue weighted by molar-refractivity contribution is 7.91. The minimum atomic E-state index is -3.09. The van der Waals surface area contributed by atoms with Crippen molar-refractivity contribution in [1.82, 2.24) is 4.90 Å². The van der Waals surface area contributed by atoms with Crippen LogP contribution in [0.3, 0.4) is 0 Å². The van der Waals surface area contributed by atoms with Gasteiger partial charge in [0.2, 0.25) is 0 Å². The zero-order valence-electron chi connectivity index (χ0n) is 15.6. The summed E-state index contributed by atoms with van der Waals surface area (Å²) < 4.78 is 33.8. The van der Waals surface area contributed by atoms with E-state index in [-0.39, 0.29) is 24.2 Å². The second kappa shape index (κ2) is 7.88. The predicted octanol–water partition coefficient (Wildman–Crippen LogP) is 1.13. The Balaban J connectivity index is 1.47. The standard InChI is InChI=1S/C19H25NO6S/c1-13(19(22)20(2)16-8-9-27(23,24)12-16)26-18(21)11-25-17-7-6-14-4-3-5-15(14)10-17/h6-7,10,13,16H,3-5,8-9,11-12H2,1-2H3/t13-,16-/m1/s1. The quantitative estimate of drug-likeness (QED) is 0.671. The summed E-state index contributed by atoms with van der Waals surface area (Å²) >= 11 is 0. The minimum absolute atomic E-state index is 0.0443. The first kappa shape index (κ1) is 19.7. The maximum absolute atomic E-state index is 12.4. The summed E-state index contributed by atoms with van der Waals surface area (Å²) in [4.78, 5) is 25.8. The van der Waals surface area contributed by atoms with Gasteiger partial charge in [-0.05, 0) is 55.9 Å². The van der Waals surface area contributed by atoms with Crippen molar-refractivity contribution >= 4 is 21.7 Å². The summed E-state index contributed by atoms with van der Waals surface area (Å²) in [5, 5.41) is 0. The van der Waals surface area contributed by atoms with Gasteiger partial charge in [0.25, 0.3) is 5.91 Å². The van der Waals surface area contributed by atoms with Crippen molar-refractivity contribution in [3.05, 3.63) is 29.3 Å². The highest BCUT2D eigenvalue weighted by Gasteiger charge is 2.34. The second-order valence-corrected chi connectivity index (χ2v) is 9.44. The van der Waals surface area contributed by atoms with Crippen molar-refractivity contribution in [3.8, 4) is 5.75 Å². The van der Waals surface area contributed by atoms with Crippen molar-refractivity contribution in [2.24, 2.45) is 0 Å². The van der Waals surface area contributed by atoms with Gasteiger partial charge in [0.15, 0.2) is 22.5 Å². The lowest BCUT2D eigenvalue weighted by molar-refractivity contribution is -0.160. The molecule has 0 radical (unpaired) electrons. The molecule has 1 fully saturated rings. The Labute approximate surface area is 159 Å². The van der Waals surface area contributed by atoms with Crippen molar-refractivity contribution in [3.63, 3.8) is 0 Å². The molecule has 1 amide bonds. The fourth-order valence-corrected chi connectivity index (χ4v) is 5.38. The zero-order valence-corrected chi connectivity index (χ0v) is 16.5. The van der Waals surface area contributed by atoms with Crippen LogP contribution in [0.1, 0.15) is 30.9 Å². The Morgan fingerprint density at radius 2 is 2.00 bits per heavy atom. The van der Waals surface area contributed by atoms with Crippen LogP contribution in [0, 0.1) is 0 Å². The number of esters is 1. The predicted molar refractivity (Wildman–Crippen MR) is 99.3 cm³/mol. The smallest absolute Gasteiger partial charge is 0.344 e. The van der Waals surface area contributed by atoms with Gasteiger partial charge in [-0.2, -0.15) is 0 Å². The molecule has 7 nitrogen and oxygen atoms in total. The van der Waals surface area contributed by atoms with E-state index >= 15 is 0 Å². The highest BCUT2D eigenvalue weighted by atomic mass is 32.2. The first-order valence-corrected chi connectivity index (χ1v) is 11.0. The van der Waals surface area contributed by atoms with Gasteiger partial charge in [-0.15, -0.1) is 0 Å². The number of ether oxygens (including phenoxy) is 2. The number of rotatable bonds is 6. The Morgan fingerprint density at radius 1 is 1.26 bits per heavy atom. The zero-order chi connectivity index (χ0) is 19.6. The summed E-state index contributed by atoms with van der Waals surface area (Å²) in [6.07, 6.45) is 2.65. The highest BCUT2D eigenvalue weighted by Crippen LogP contribution is 2.26. The largest absolute Gasteiger partial charge is 0.482 e. The Hall–Kier alpha value is -2.09. The van der Waals surface area contributed by atoms with E-state index in [2.05, 4.69) is 0 Å². The van der Waals surface area contributed by atoms with Crippen LogP contribution in [0.2, 0.25) is 0 Å². The molecule has 8 heteroatoms. The maximum atomic E-state index is 12.4. The lowest BCUT2D eigenvalue weighted by Crippen LogP contribution is -2.44. The molecule has 0 aromatic heterocycles. The average molecular weight is 395 g/mol. The molecule has 3 rings (SSSR count). The summed E-state index contributed by atoms with van der Waals surface area (Å²) in [7, 11) is -1.55. The molecule has 0 bridgehead atoms. The molecule has 1 saturated heterocycles. The topological polar surface area (TPSA) is 90.0 Å². The number of nitrogens with zero attached hydrogens (tertiary/aromatic N) is 1. The number of aryl methyl sites for hydroxylation is 2. The van der Waals surface area contributed by atoms with Crippen LogP contribution in [0.5, 0.6) is 5.75 Å². The van der Waals surface area contributed by atoms with Gasteiger partial charge in [0, 0.05) is 13.1 Å². The van der Waals surface area contributed by atoms with Crippen LogP contribution in [0.15, 0.2) is 18.2 Å². The third-order valence-corrected chi connectivity index (χ3v) is 6.94. The molecule has 0 spiro atoms. The summed E-state index contributed by atoms with van der Waals surface area (Å²) in [5.74, 6) is -0.401. The maximum Gasteiger partial charge on any atom is 0.344 e. The van der Waals surface area contributed by atoms with Gasteiger partial charge >= 0.3 is 5.97 Å². The molecule has 148 valence electrons. The molecule has 0 unspecified atom stereocenters. The molecule has 1 aromatic carbocycles. The summed E-state index contributed by atoms with van der Waals surface area (Å²) in [6, 6.07) is 5.42. The molecule has 1 aliphatic carbocycles. The van der Waals surface area contributed by atoms with Gasteiger partial charge in [-0.25, -0.2) is 13.2 Å². The van der Waals surface area contributed by atoms with Crippen LogP contribution in [-0.2, 0) is 37.0 Å². The van der Waals surface area contributed by atoms with Crippen molar-refractivity contribution in [2.75, 3.05) is 25.2 Å².